The summed E-state index contributed by atoms with van der Waals surface area (Å²) in [5.74, 6) is -0.367. The summed E-state index contributed by atoms with van der Waals surface area (Å²) in [6, 6.07) is 0. The highest BCUT2D eigenvalue weighted by molar-refractivity contribution is 5.82. The van der Waals surface area contributed by atoms with Crippen LogP contribution in [0.25, 0.3) is 0 Å². The van der Waals surface area contributed by atoms with E-state index in [0.717, 1.165) is 0 Å². The SMILES string of the molecule is C[C@@H](O)C/C=C/C(=O)OC(C)(C)C. The zero-order valence-corrected chi connectivity index (χ0v) is 8.70. The molecule has 1 N–H and O–H groups in total. The molecule has 3 nitrogen and oxygen atoms in total. The van der Waals surface area contributed by atoms with E-state index in [9.17, 15) is 4.79 Å². The first-order valence-electron chi connectivity index (χ1n) is 4.39. The molecule has 0 rings (SSSR count). The maximum Gasteiger partial charge on any atom is 0.330 e. The Balaban J connectivity index is 3.81. The predicted molar refractivity (Wildman–Crippen MR) is 51.3 cm³/mol. The molecule has 0 aromatic rings. The second-order valence-corrected chi connectivity index (χ2v) is 4.02. The van der Waals surface area contributed by atoms with Crippen LogP contribution in [-0.4, -0.2) is 22.8 Å². The number of hydrogen-bond acceptors (Lipinski definition) is 3. The average molecular weight is 186 g/mol. The van der Waals surface area contributed by atoms with Gasteiger partial charge in [0, 0.05) is 6.08 Å². The van der Waals surface area contributed by atoms with Crippen LogP contribution in [0.5, 0.6) is 0 Å². The van der Waals surface area contributed by atoms with Gasteiger partial charge < -0.3 is 9.84 Å². The van der Waals surface area contributed by atoms with E-state index in [1.807, 2.05) is 20.8 Å². The van der Waals surface area contributed by atoms with Crippen LogP contribution in [0.1, 0.15) is 34.1 Å². The molecule has 0 radical (unpaired) electrons. The first-order chi connectivity index (χ1) is 5.81. The number of aliphatic hydroxyl groups is 1. The number of rotatable bonds is 3. The molecule has 0 aliphatic rings. The van der Waals surface area contributed by atoms with Crippen molar-refractivity contribution in [1.29, 1.82) is 0 Å². The molecule has 0 saturated carbocycles. The van der Waals surface area contributed by atoms with Crippen LogP contribution < -0.4 is 0 Å². The molecule has 0 unspecified atom stereocenters. The molecule has 0 aromatic heterocycles. The Morgan fingerprint density at radius 3 is 2.46 bits per heavy atom. The van der Waals surface area contributed by atoms with Gasteiger partial charge in [-0.05, 0) is 34.1 Å². The fourth-order valence-corrected chi connectivity index (χ4v) is 0.697. The summed E-state index contributed by atoms with van der Waals surface area (Å²) in [6.07, 6.45) is 3.01. The number of carbonyl (C=O) groups excluding carboxylic acids is 1. The predicted octanol–water partition coefficient (Wildman–Crippen LogP) is 1.66. The standard InChI is InChI=1S/C10H18O3/c1-8(11)6-5-7-9(12)13-10(2,3)4/h5,7-8,11H,6H2,1-4H3/b7-5+/t8-/m1/s1. The van der Waals surface area contributed by atoms with Crippen LogP contribution in [0.3, 0.4) is 0 Å². The van der Waals surface area contributed by atoms with Crippen molar-refractivity contribution in [1.82, 2.24) is 0 Å². The van der Waals surface area contributed by atoms with Gasteiger partial charge in [0.2, 0.25) is 0 Å². The topological polar surface area (TPSA) is 46.5 Å². The van der Waals surface area contributed by atoms with Crippen LogP contribution in [-0.2, 0) is 9.53 Å². The summed E-state index contributed by atoms with van der Waals surface area (Å²) in [6.45, 7) is 7.10. The number of carbonyl (C=O) groups is 1. The fourth-order valence-electron chi connectivity index (χ4n) is 0.697. The molecule has 0 fully saturated rings. The molecule has 0 saturated heterocycles. The van der Waals surface area contributed by atoms with Gasteiger partial charge >= 0.3 is 5.97 Å². The Morgan fingerprint density at radius 1 is 1.54 bits per heavy atom. The highest BCUT2D eigenvalue weighted by Crippen LogP contribution is 2.07. The fraction of sp³-hybridized carbons (Fsp3) is 0.700. The molecule has 3 heteroatoms. The van der Waals surface area contributed by atoms with Gasteiger partial charge in [-0.2, -0.15) is 0 Å². The lowest BCUT2D eigenvalue weighted by Gasteiger charge is -2.17. The van der Waals surface area contributed by atoms with E-state index in [4.69, 9.17) is 9.84 Å². The molecule has 1 atom stereocenters. The third-order valence-electron chi connectivity index (χ3n) is 1.14. The molecule has 0 heterocycles. The van der Waals surface area contributed by atoms with E-state index in [1.165, 1.54) is 6.08 Å². The molecule has 0 spiro atoms. The van der Waals surface area contributed by atoms with Gasteiger partial charge in [0.1, 0.15) is 5.60 Å². The van der Waals surface area contributed by atoms with Crippen molar-refractivity contribution in [3.63, 3.8) is 0 Å². The Labute approximate surface area is 79.4 Å². The zero-order chi connectivity index (χ0) is 10.5. The van der Waals surface area contributed by atoms with E-state index in [0.29, 0.717) is 6.42 Å². The van der Waals surface area contributed by atoms with Gasteiger partial charge in [0.25, 0.3) is 0 Å². The Kier molecular flexibility index (Phi) is 4.70. The largest absolute Gasteiger partial charge is 0.457 e. The van der Waals surface area contributed by atoms with Crippen LogP contribution in [0.15, 0.2) is 12.2 Å². The van der Waals surface area contributed by atoms with E-state index in [-0.39, 0.29) is 5.97 Å². The van der Waals surface area contributed by atoms with Crippen LogP contribution in [0.2, 0.25) is 0 Å². The maximum atomic E-state index is 11.0. The minimum atomic E-state index is -0.452. The summed E-state index contributed by atoms with van der Waals surface area (Å²) in [7, 11) is 0. The summed E-state index contributed by atoms with van der Waals surface area (Å²) < 4.78 is 5.01. The van der Waals surface area contributed by atoms with E-state index in [1.54, 1.807) is 13.0 Å². The van der Waals surface area contributed by atoms with Gasteiger partial charge in [-0.3, -0.25) is 0 Å². The van der Waals surface area contributed by atoms with Gasteiger partial charge in [0.15, 0.2) is 0 Å². The number of aliphatic hydroxyl groups excluding tert-OH is 1. The van der Waals surface area contributed by atoms with Crippen molar-refractivity contribution in [2.45, 2.75) is 45.8 Å². The molecular weight excluding hydrogens is 168 g/mol. The van der Waals surface area contributed by atoms with Crippen LogP contribution in [0.4, 0.5) is 0 Å². The number of hydrogen-bond donors (Lipinski definition) is 1. The average Bonchev–Trinajstić information content (AvgIpc) is 1.81. The van der Waals surface area contributed by atoms with Crippen LogP contribution >= 0.6 is 0 Å². The minimum Gasteiger partial charge on any atom is -0.457 e. The highest BCUT2D eigenvalue weighted by atomic mass is 16.6. The molecule has 13 heavy (non-hydrogen) atoms. The Bertz CT molecular complexity index is 187. The van der Waals surface area contributed by atoms with Crippen molar-refractivity contribution in [3.05, 3.63) is 12.2 Å². The lowest BCUT2D eigenvalue weighted by Crippen LogP contribution is -2.22. The number of ether oxygens (including phenoxy) is 1. The van der Waals surface area contributed by atoms with Crippen molar-refractivity contribution >= 4 is 5.97 Å². The molecule has 0 aromatic carbocycles. The smallest absolute Gasteiger partial charge is 0.330 e. The molecule has 0 aliphatic heterocycles. The molecular formula is C10H18O3. The third kappa shape index (κ3) is 9.08. The molecule has 0 amide bonds. The molecule has 0 bridgehead atoms. The Morgan fingerprint density at radius 2 is 2.08 bits per heavy atom. The summed E-state index contributed by atoms with van der Waals surface area (Å²) in [5, 5.41) is 8.89. The van der Waals surface area contributed by atoms with Crippen molar-refractivity contribution in [2.24, 2.45) is 0 Å². The summed E-state index contributed by atoms with van der Waals surface area (Å²) >= 11 is 0. The second kappa shape index (κ2) is 5.02. The number of esters is 1. The Hall–Kier alpha value is -0.830. The monoisotopic (exact) mass is 186 g/mol. The second-order valence-electron chi connectivity index (χ2n) is 4.02. The van der Waals surface area contributed by atoms with Gasteiger partial charge in [0.05, 0.1) is 6.10 Å². The van der Waals surface area contributed by atoms with Gasteiger partial charge in [-0.25, -0.2) is 4.79 Å². The first-order valence-corrected chi connectivity index (χ1v) is 4.39. The lowest BCUT2D eigenvalue weighted by molar-refractivity contribution is -0.148. The van der Waals surface area contributed by atoms with Crippen molar-refractivity contribution in [2.75, 3.05) is 0 Å². The molecule has 0 aliphatic carbocycles. The van der Waals surface area contributed by atoms with E-state index < -0.39 is 11.7 Å². The van der Waals surface area contributed by atoms with Gasteiger partial charge in [-0.15, -0.1) is 0 Å². The third-order valence-corrected chi connectivity index (χ3v) is 1.14. The van der Waals surface area contributed by atoms with Crippen molar-refractivity contribution < 1.29 is 14.6 Å². The first kappa shape index (κ1) is 12.2. The summed E-state index contributed by atoms with van der Waals surface area (Å²) in [4.78, 5) is 11.0. The lowest BCUT2D eigenvalue weighted by atomic mass is 10.2. The zero-order valence-electron chi connectivity index (χ0n) is 8.70. The van der Waals surface area contributed by atoms with Gasteiger partial charge in [-0.1, -0.05) is 6.08 Å². The van der Waals surface area contributed by atoms with Crippen molar-refractivity contribution in [3.8, 4) is 0 Å². The van der Waals surface area contributed by atoms with E-state index >= 15 is 0 Å². The maximum absolute atomic E-state index is 11.0. The van der Waals surface area contributed by atoms with Crippen LogP contribution in [0, 0.1) is 0 Å². The normalized spacial score (nSPS) is 14.5. The highest BCUT2D eigenvalue weighted by Gasteiger charge is 2.13. The quantitative estimate of drug-likeness (QED) is 0.538. The minimum absolute atomic E-state index is 0.367. The van der Waals surface area contributed by atoms with E-state index in [2.05, 4.69) is 0 Å². The summed E-state index contributed by atoms with van der Waals surface area (Å²) in [5.41, 5.74) is -0.452. The molecule has 76 valence electrons.